The van der Waals surface area contributed by atoms with Gasteiger partial charge in [0.05, 0.1) is 5.56 Å². The maximum atomic E-state index is 11.3. The first-order chi connectivity index (χ1) is 6.25. The Bertz CT molecular complexity index is 325. The molecule has 1 heterocycles. The number of nitrogens with zero attached hydrogens (tertiary/aromatic N) is 1. The van der Waals surface area contributed by atoms with Gasteiger partial charge in [0.25, 0.3) is 0 Å². The Morgan fingerprint density at radius 2 is 2.54 bits per heavy atom. The largest absolute Gasteiger partial charge is 0.458 e. The molecule has 0 radical (unpaired) electrons. The van der Waals surface area contributed by atoms with Crippen molar-refractivity contribution in [2.75, 3.05) is 6.61 Å². The first-order valence-corrected chi connectivity index (χ1v) is 4.43. The molecule has 0 atom stereocenters. The highest BCUT2D eigenvalue weighted by Crippen LogP contribution is 2.13. The van der Waals surface area contributed by atoms with Crippen molar-refractivity contribution in [1.82, 2.24) is 4.98 Å². The molecule has 0 amide bonds. The van der Waals surface area contributed by atoms with Gasteiger partial charge in [-0.25, -0.2) is 9.78 Å². The highest BCUT2D eigenvalue weighted by molar-refractivity contribution is 9.10. The topological polar surface area (TPSA) is 39.2 Å². The minimum absolute atomic E-state index is 0.208. The Balaban J connectivity index is 2.76. The normalized spacial score (nSPS) is 9.31. The van der Waals surface area contributed by atoms with E-state index in [1.165, 1.54) is 6.08 Å². The highest BCUT2D eigenvalue weighted by atomic mass is 79.9. The van der Waals surface area contributed by atoms with Gasteiger partial charge in [-0.15, -0.1) is 0 Å². The van der Waals surface area contributed by atoms with Crippen LogP contribution in [0.15, 0.2) is 35.6 Å². The quantitative estimate of drug-likeness (QED) is 0.463. The van der Waals surface area contributed by atoms with Crippen LogP contribution in [0.3, 0.4) is 0 Å². The van der Waals surface area contributed by atoms with E-state index < -0.39 is 5.97 Å². The third-order valence-electron chi connectivity index (χ3n) is 1.31. The summed E-state index contributed by atoms with van der Waals surface area (Å²) in [5.74, 6) is -0.403. The van der Waals surface area contributed by atoms with Gasteiger partial charge in [-0.3, -0.25) is 0 Å². The zero-order valence-corrected chi connectivity index (χ0v) is 8.45. The number of carbonyl (C=O) groups is 1. The molecule has 0 unspecified atom stereocenters. The second kappa shape index (κ2) is 4.77. The van der Waals surface area contributed by atoms with Crippen molar-refractivity contribution >= 4 is 21.9 Å². The van der Waals surface area contributed by atoms with Crippen molar-refractivity contribution in [3.63, 3.8) is 0 Å². The zero-order chi connectivity index (χ0) is 9.68. The number of hydrogen-bond donors (Lipinski definition) is 0. The van der Waals surface area contributed by atoms with E-state index >= 15 is 0 Å². The van der Waals surface area contributed by atoms with E-state index in [-0.39, 0.29) is 6.61 Å². The van der Waals surface area contributed by atoms with Crippen LogP contribution in [0.25, 0.3) is 0 Å². The van der Waals surface area contributed by atoms with E-state index in [9.17, 15) is 4.79 Å². The molecule has 0 aliphatic heterocycles. The summed E-state index contributed by atoms with van der Waals surface area (Å²) in [6, 6.07) is 3.32. The number of ether oxygens (including phenoxy) is 1. The molecule has 1 aromatic heterocycles. The van der Waals surface area contributed by atoms with Crippen LogP contribution in [0.1, 0.15) is 10.4 Å². The van der Waals surface area contributed by atoms with Crippen molar-refractivity contribution in [2.24, 2.45) is 0 Å². The molecule has 13 heavy (non-hydrogen) atoms. The summed E-state index contributed by atoms with van der Waals surface area (Å²) in [4.78, 5) is 15.2. The van der Waals surface area contributed by atoms with Gasteiger partial charge in [0.2, 0.25) is 0 Å². The molecular formula is C9H8BrNO2. The SMILES string of the molecule is C=CCOC(=O)c1cccnc1Br. The third kappa shape index (κ3) is 2.66. The van der Waals surface area contributed by atoms with Crippen molar-refractivity contribution in [3.8, 4) is 0 Å². The number of esters is 1. The van der Waals surface area contributed by atoms with Crippen LogP contribution in [0, 0.1) is 0 Å². The van der Waals surface area contributed by atoms with Crippen LogP contribution in [0.2, 0.25) is 0 Å². The van der Waals surface area contributed by atoms with Crippen LogP contribution in [0.4, 0.5) is 0 Å². The van der Waals surface area contributed by atoms with E-state index in [1.54, 1.807) is 18.3 Å². The fourth-order valence-electron chi connectivity index (χ4n) is 0.751. The summed E-state index contributed by atoms with van der Waals surface area (Å²) in [7, 11) is 0. The zero-order valence-electron chi connectivity index (χ0n) is 6.87. The summed E-state index contributed by atoms with van der Waals surface area (Å²) in [6.45, 7) is 3.65. The predicted octanol–water partition coefficient (Wildman–Crippen LogP) is 2.19. The molecule has 0 bridgehead atoms. The number of rotatable bonds is 3. The Morgan fingerprint density at radius 1 is 1.77 bits per heavy atom. The molecule has 0 N–H and O–H groups in total. The maximum Gasteiger partial charge on any atom is 0.341 e. The lowest BCUT2D eigenvalue weighted by Crippen LogP contribution is -2.06. The molecule has 0 saturated carbocycles. The molecule has 0 saturated heterocycles. The molecule has 1 rings (SSSR count). The number of hydrogen-bond acceptors (Lipinski definition) is 3. The summed E-state index contributed by atoms with van der Waals surface area (Å²) in [5, 5.41) is 0. The molecule has 0 spiro atoms. The van der Waals surface area contributed by atoms with Crippen LogP contribution in [0.5, 0.6) is 0 Å². The number of pyridine rings is 1. The molecule has 4 heteroatoms. The molecular weight excluding hydrogens is 234 g/mol. The van der Waals surface area contributed by atoms with E-state index in [4.69, 9.17) is 4.74 Å². The van der Waals surface area contributed by atoms with Crippen molar-refractivity contribution in [3.05, 3.63) is 41.2 Å². The Morgan fingerprint density at radius 3 is 3.15 bits per heavy atom. The van der Waals surface area contributed by atoms with Gasteiger partial charge in [0.1, 0.15) is 11.2 Å². The Kier molecular flexibility index (Phi) is 3.64. The third-order valence-corrected chi connectivity index (χ3v) is 1.94. The molecule has 0 aliphatic carbocycles. The minimum atomic E-state index is -0.403. The maximum absolute atomic E-state index is 11.3. The van der Waals surface area contributed by atoms with Crippen molar-refractivity contribution in [2.45, 2.75) is 0 Å². The van der Waals surface area contributed by atoms with E-state index in [2.05, 4.69) is 27.5 Å². The van der Waals surface area contributed by atoms with E-state index in [0.717, 1.165) is 0 Å². The van der Waals surface area contributed by atoms with Gasteiger partial charge in [-0.1, -0.05) is 12.7 Å². The summed E-state index contributed by atoms with van der Waals surface area (Å²) < 4.78 is 5.32. The molecule has 1 aromatic rings. The van der Waals surface area contributed by atoms with Crippen LogP contribution in [-0.2, 0) is 4.74 Å². The second-order valence-corrected chi connectivity index (χ2v) is 2.98. The number of carbonyl (C=O) groups excluding carboxylic acids is 1. The van der Waals surface area contributed by atoms with Gasteiger partial charge >= 0.3 is 5.97 Å². The predicted molar refractivity (Wildman–Crippen MR) is 52.4 cm³/mol. The van der Waals surface area contributed by atoms with Gasteiger partial charge in [0, 0.05) is 6.20 Å². The Hall–Kier alpha value is -1.16. The first kappa shape index (κ1) is 9.92. The van der Waals surface area contributed by atoms with Crippen LogP contribution >= 0.6 is 15.9 Å². The van der Waals surface area contributed by atoms with Gasteiger partial charge in [-0.2, -0.15) is 0 Å². The molecule has 3 nitrogen and oxygen atoms in total. The Labute approximate surface area is 84.6 Å². The highest BCUT2D eigenvalue weighted by Gasteiger charge is 2.10. The van der Waals surface area contributed by atoms with Crippen LogP contribution in [-0.4, -0.2) is 17.6 Å². The van der Waals surface area contributed by atoms with Gasteiger partial charge in [0.15, 0.2) is 0 Å². The lowest BCUT2D eigenvalue weighted by atomic mass is 10.3. The van der Waals surface area contributed by atoms with Crippen molar-refractivity contribution < 1.29 is 9.53 Å². The lowest BCUT2D eigenvalue weighted by Gasteiger charge is -2.02. The molecule has 0 aromatic carbocycles. The molecule has 0 fully saturated rings. The lowest BCUT2D eigenvalue weighted by molar-refractivity contribution is 0.0548. The monoisotopic (exact) mass is 241 g/mol. The summed E-state index contributed by atoms with van der Waals surface area (Å²) >= 11 is 3.15. The summed E-state index contributed by atoms with van der Waals surface area (Å²) in [6.07, 6.45) is 3.11. The number of halogens is 1. The molecule has 68 valence electrons. The molecule has 0 aliphatic rings. The van der Waals surface area contributed by atoms with Crippen LogP contribution < -0.4 is 0 Å². The second-order valence-electron chi connectivity index (χ2n) is 2.23. The van der Waals surface area contributed by atoms with Gasteiger partial charge < -0.3 is 4.74 Å². The van der Waals surface area contributed by atoms with Crippen molar-refractivity contribution in [1.29, 1.82) is 0 Å². The van der Waals surface area contributed by atoms with E-state index in [1.807, 2.05) is 0 Å². The first-order valence-electron chi connectivity index (χ1n) is 3.64. The fraction of sp³-hybridized carbons (Fsp3) is 0.111. The fourth-order valence-corrected chi connectivity index (χ4v) is 1.16. The standard InChI is InChI=1S/C9H8BrNO2/c1-2-6-13-9(12)7-4-3-5-11-8(7)10/h2-5H,1,6H2. The average Bonchev–Trinajstić information content (AvgIpc) is 2.15. The van der Waals surface area contributed by atoms with E-state index in [0.29, 0.717) is 10.2 Å². The smallest absolute Gasteiger partial charge is 0.341 e. The average molecular weight is 242 g/mol. The van der Waals surface area contributed by atoms with Gasteiger partial charge in [-0.05, 0) is 28.1 Å². The minimum Gasteiger partial charge on any atom is -0.458 e. The number of aromatic nitrogens is 1. The summed E-state index contributed by atoms with van der Waals surface area (Å²) in [5.41, 5.74) is 0.421.